The SMILES string of the molecule is CC1CCC(N(C)S(=O)(=O)c2cc(N)c(F)cc2F)CC1. The van der Waals surface area contributed by atoms with Crippen molar-refractivity contribution in [1.29, 1.82) is 0 Å². The van der Waals surface area contributed by atoms with Crippen molar-refractivity contribution in [2.24, 2.45) is 5.92 Å². The van der Waals surface area contributed by atoms with Gasteiger partial charge in [-0.25, -0.2) is 17.2 Å². The van der Waals surface area contributed by atoms with E-state index in [0.717, 1.165) is 31.7 Å². The molecule has 1 aromatic carbocycles. The van der Waals surface area contributed by atoms with Gasteiger partial charge in [0.2, 0.25) is 10.0 Å². The molecule has 21 heavy (non-hydrogen) atoms. The molecule has 1 aromatic rings. The molecular formula is C14H20F2N2O2S. The van der Waals surface area contributed by atoms with Gasteiger partial charge in [0.05, 0.1) is 5.69 Å². The number of anilines is 1. The van der Waals surface area contributed by atoms with Crippen LogP contribution in [0.5, 0.6) is 0 Å². The van der Waals surface area contributed by atoms with E-state index in [1.807, 2.05) is 0 Å². The topological polar surface area (TPSA) is 63.4 Å². The Labute approximate surface area is 124 Å². The third-order valence-corrected chi connectivity index (χ3v) is 6.13. The maximum Gasteiger partial charge on any atom is 0.246 e. The maximum absolute atomic E-state index is 13.8. The first-order chi connectivity index (χ1) is 9.73. The van der Waals surface area contributed by atoms with Crippen molar-refractivity contribution in [3.05, 3.63) is 23.8 Å². The predicted molar refractivity (Wildman–Crippen MR) is 77.1 cm³/mol. The van der Waals surface area contributed by atoms with Crippen LogP contribution in [0.3, 0.4) is 0 Å². The molecule has 7 heteroatoms. The molecule has 0 saturated heterocycles. The molecule has 1 saturated carbocycles. The molecule has 2 N–H and O–H groups in total. The van der Waals surface area contributed by atoms with Gasteiger partial charge in [0.25, 0.3) is 0 Å². The molecule has 0 aromatic heterocycles. The second kappa shape index (κ2) is 5.88. The molecule has 0 heterocycles. The average Bonchev–Trinajstić information content (AvgIpc) is 2.42. The highest BCUT2D eigenvalue weighted by molar-refractivity contribution is 7.89. The van der Waals surface area contributed by atoms with Crippen molar-refractivity contribution < 1.29 is 17.2 Å². The minimum atomic E-state index is -4.01. The first kappa shape index (κ1) is 16.2. The van der Waals surface area contributed by atoms with Crippen LogP contribution in [0.1, 0.15) is 32.6 Å². The fourth-order valence-corrected chi connectivity index (χ4v) is 4.19. The minimum absolute atomic E-state index is 0.156. The van der Waals surface area contributed by atoms with Gasteiger partial charge in [-0.15, -0.1) is 0 Å². The highest BCUT2D eigenvalue weighted by Gasteiger charge is 2.32. The van der Waals surface area contributed by atoms with E-state index >= 15 is 0 Å². The molecule has 1 aliphatic rings. The van der Waals surface area contributed by atoms with E-state index in [4.69, 9.17) is 5.73 Å². The van der Waals surface area contributed by atoms with Crippen molar-refractivity contribution in [2.75, 3.05) is 12.8 Å². The molecule has 0 radical (unpaired) electrons. The fourth-order valence-electron chi connectivity index (χ4n) is 2.70. The molecule has 1 fully saturated rings. The molecule has 1 aliphatic carbocycles. The van der Waals surface area contributed by atoms with Crippen LogP contribution in [-0.2, 0) is 10.0 Å². The van der Waals surface area contributed by atoms with Gasteiger partial charge in [0, 0.05) is 19.2 Å². The summed E-state index contributed by atoms with van der Waals surface area (Å²) in [5.41, 5.74) is 4.98. The highest BCUT2D eigenvalue weighted by atomic mass is 32.2. The monoisotopic (exact) mass is 318 g/mol. The van der Waals surface area contributed by atoms with E-state index in [-0.39, 0.29) is 11.7 Å². The Balaban J connectivity index is 2.31. The third-order valence-electron chi connectivity index (χ3n) is 4.21. The number of halogens is 2. The van der Waals surface area contributed by atoms with Crippen LogP contribution < -0.4 is 5.73 Å². The summed E-state index contributed by atoms with van der Waals surface area (Å²) in [6, 6.07) is 1.21. The summed E-state index contributed by atoms with van der Waals surface area (Å²) in [6.45, 7) is 2.13. The second-order valence-corrected chi connectivity index (χ2v) is 7.71. The van der Waals surface area contributed by atoms with E-state index in [1.165, 1.54) is 11.4 Å². The molecule has 0 atom stereocenters. The number of sulfonamides is 1. The van der Waals surface area contributed by atoms with Crippen LogP contribution in [0, 0.1) is 17.6 Å². The maximum atomic E-state index is 13.8. The molecule has 0 bridgehead atoms. The van der Waals surface area contributed by atoms with Gasteiger partial charge in [0.1, 0.15) is 16.5 Å². The smallest absolute Gasteiger partial charge is 0.246 e. The Morgan fingerprint density at radius 3 is 2.29 bits per heavy atom. The lowest BCUT2D eigenvalue weighted by molar-refractivity contribution is 0.245. The third kappa shape index (κ3) is 3.18. The lowest BCUT2D eigenvalue weighted by Crippen LogP contribution is -2.39. The summed E-state index contributed by atoms with van der Waals surface area (Å²) in [5.74, 6) is -1.49. The largest absolute Gasteiger partial charge is 0.396 e. The zero-order chi connectivity index (χ0) is 15.8. The van der Waals surface area contributed by atoms with Crippen molar-refractivity contribution in [1.82, 2.24) is 4.31 Å². The first-order valence-corrected chi connectivity index (χ1v) is 8.40. The van der Waals surface area contributed by atoms with Crippen molar-refractivity contribution in [2.45, 2.75) is 43.5 Å². The Kier molecular flexibility index (Phi) is 4.53. The van der Waals surface area contributed by atoms with Crippen LogP contribution in [-0.4, -0.2) is 25.8 Å². The van der Waals surface area contributed by atoms with E-state index in [0.29, 0.717) is 12.0 Å². The first-order valence-electron chi connectivity index (χ1n) is 6.96. The van der Waals surface area contributed by atoms with Gasteiger partial charge in [-0.3, -0.25) is 0 Å². The summed E-state index contributed by atoms with van der Waals surface area (Å²) in [4.78, 5) is -0.567. The molecule has 0 aliphatic heterocycles. The Bertz CT molecular complexity index is 626. The number of hydrogen-bond acceptors (Lipinski definition) is 3. The van der Waals surface area contributed by atoms with Gasteiger partial charge in [-0.1, -0.05) is 6.92 Å². The standard InChI is InChI=1S/C14H20F2N2O2S/c1-9-3-5-10(6-4-9)18(2)21(19,20)14-8-13(17)11(15)7-12(14)16/h7-10H,3-6,17H2,1-2H3. The summed E-state index contributed by atoms with van der Waals surface area (Å²) in [5, 5.41) is 0. The van der Waals surface area contributed by atoms with Crippen LogP contribution in [0.4, 0.5) is 14.5 Å². The fraction of sp³-hybridized carbons (Fsp3) is 0.571. The lowest BCUT2D eigenvalue weighted by Gasteiger charge is -2.32. The Morgan fingerprint density at radius 2 is 1.71 bits per heavy atom. The summed E-state index contributed by atoms with van der Waals surface area (Å²) >= 11 is 0. The minimum Gasteiger partial charge on any atom is -0.396 e. The van der Waals surface area contributed by atoms with E-state index < -0.39 is 26.6 Å². The Hall–Kier alpha value is -1.21. The number of nitrogens with zero attached hydrogens (tertiary/aromatic N) is 1. The number of benzene rings is 1. The van der Waals surface area contributed by atoms with Gasteiger partial charge >= 0.3 is 0 Å². The van der Waals surface area contributed by atoms with Gasteiger partial charge in [-0.05, 0) is 37.7 Å². The predicted octanol–water partition coefficient (Wildman–Crippen LogP) is 2.75. The van der Waals surface area contributed by atoms with Gasteiger partial charge < -0.3 is 5.73 Å². The zero-order valence-electron chi connectivity index (χ0n) is 12.1. The van der Waals surface area contributed by atoms with Crippen molar-refractivity contribution in [3.8, 4) is 0 Å². The molecule has 118 valence electrons. The number of rotatable bonds is 3. The molecule has 0 unspecified atom stereocenters. The van der Waals surface area contributed by atoms with Crippen LogP contribution in [0.15, 0.2) is 17.0 Å². The van der Waals surface area contributed by atoms with Crippen LogP contribution in [0.25, 0.3) is 0 Å². The zero-order valence-corrected chi connectivity index (χ0v) is 13.0. The Morgan fingerprint density at radius 1 is 1.14 bits per heavy atom. The summed E-state index contributed by atoms with van der Waals surface area (Å²) in [7, 11) is -2.57. The van der Waals surface area contributed by atoms with Crippen LogP contribution >= 0.6 is 0 Å². The lowest BCUT2D eigenvalue weighted by atomic mass is 9.87. The number of nitrogen functional groups attached to an aromatic ring is 1. The van der Waals surface area contributed by atoms with E-state index in [1.54, 1.807) is 0 Å². The molecule has 0 spiro atoms. The van der Waals surface area contributed by atoms with E-state index in [2.05, 4.69) is 6.92 Å². The molecule has 0 amide bonds. The highest BCUT2D eigenvalue weighted by Crippen LogP contribution is 2.31. The van der Waals surface area contributed by atoms with E-state index in [9.17, 15) is 17.2 Å². The second-order valence-electron chi connectivity index (χ2n) is 5.74. The molecule has 4 nitrogen and oxygen atoms in total. The van der Waals surface area contributed by atoms with Gasteiger partial charge in [-0.2, -0.15) is 4.31 Å². The van der Waals surface area contributed by atoms with Crippen LogP contribution in [0.2, 0.25) is 0 Å². The average molecular weight is 318 g/mol. The quantitative estimate of drug-likeness (QED) is 0.872. The number of hydrogen-bond donors (Lipinski definition) is 1. The molecular weight excluding hydrogens is 298 g/mol. The normalized spacial score (nSPS) is 23.5. The number of nitrogens with two attached hydrogens (primary N) is 1. The van der Waals surface area contributed by atoms with Crippen molar-refractivity contribution >= 4 is 15.7 Å². The summed E-state index contributed by atoms with van der Waals surface area (Å²) < 4.78 is 53.2. The van der Waals surface area contributed by atoms with Crippen molar-refractivity contribution in [3.63, 3.8) is 0 Å². The molecule has 2 rings (SSSR count). The van der Waals surface area contributed by atoms with Gasteiger partial charge in [0.15, 0.2) is 0 Å². The summed E-state index contributed by atoms with van der Waals surface area (Å²) in [6.07, 6.45) is 3.38.